The lowest BCUT2D eigenvalue weighted by Gasteiger charge is -2.15. The smallest absolute Gasteiger partial charge is 0.255 e. The van der Waals surface area contributed by atoms with E-state index in [2.05, 4.69) is 10.6 Å². The molecule has 27 heavy (non-hydrogen) atoms. The number of ether oxygens (including phenoxy) is 2. The van der Waals surface area contributed by atoms with Gasteiger partial charge in [-0.25, -0.2) is 0 Å². The van der Waals surface area contributed by atoms with Crippen LogP contribution in [0.1, 0.15) is 35.3 Å². The predicted octanol–water partition coefficient (Wildman–Crippen LogP) is 4.17. The van der Waals surface area contributed by atoms with Crippen molar-refractivity contribution in [2.75, 3.05) is 24.9 Å². The minimum Gasteiger partial charge on any atom is -0.496 e. The molecule has 0 unspecified atom stereocenters. The number of amides is 2. The molecule has 6 nitrogen and oxygen atoms in total. The first-order chi connectivity index (χ1) is 12.8. The molecule has 0 bridgehead atoms. The summed E-state index contributed by atoms with van der Waals surface area (Å²) in [6.07, 6.45) is 0. The highest BCUT2D eigenvalue weighted by Gasteiger charge is 2.15. The number of rotatable bonds is 6. The van der Waals surface area contributed by atoms with Gasteiger partial charge in [0.1, 0.15) is 11.5 Å². The first kappa shape index (κ1) is 20.3. The molecule has 0 radical (unpaired) electrons. The monoisotopic (exact) mass is 370 g/mol. The lowest BCUT2D eigenvalue weighted by Crippen LogP contribution is -2.18. The highest BCUT2D eigenvalue weighted by atomic mass is 16.5. The Labute approximate surface area is 159 Å². The number of hydrogen-bond acceptors (Lipinski definition) is 4. The van der Waals surface area contributed by atoms with Crippen LogP contribution in [0, 0.1) is 19.8 Å². The number of benzene rings is 2. The first-order valence-electron chi connectivity index (χ1n) is 8.72. The molecule has 0 spiro atoms. The zero-order chi connectivity index (χ0) is 20.1. The van der Waals surface area contributed by atoms with Crippen LogP contribution >= 0.6 is 0 Å². The molecule has 144 valence electrons. The van der Waals surface area contributed by atoms with Crippen LogP contribution in [-0.2, 0) is 4.79 Å². The summed E-state index contributed by atoms with van der Waals surface area (Å²) in [5, 5.41) is 5.73. The Kier molecular flexibility index (Phi) is 6.45. The van der Waals surface area contributed by atoms with Crippen LogP contribution in [0.5, 0.6) is 11.5 Å². The van der Waals surface area contributed by atoms with Gasteiger partial charge in [0.2, 0.25) is 5.91 Å². The van der Waals surface area contributed by atoms with Crippen LogP contribution in [0.3, 0.4) is 0 Å². The van der Waals surface area contributed by atoms with Crippen molar-refractivity contribution in [2.24, 2.45) is 5.92 Å². The second-order valence-corrected chi connectivity index (χ2v) is 6.63. The third kappa shape index (κ3) is 4.78. The van der Waals surface area contributed by atoms with E-state index in [0.29, 0.717) is 28.4 Å². The summed E-state index contributed by atoms with van der Waals surface area (Å²) in [6, 6.07) is 8.75. The van der Waals surface area contributed by atoms with Gasteiger partial charge in [0.15, 0.2) is 0 Å². The third-order valence-corrected chi connectivity index (χ3v) is 4.29. The minimum absolute atomic E-state index is 0.0795. The Balaban J connectivity index is 2.29. The van der Waals surface area contributed by atoms with Crippen LogP contribution < -0.4 is 20.1 Å². The molecule has 6 heteroatoms. The van der Waals surface area contributed by atoms with E-state index in [9.17, 15) is 9.59 Å². The number of carbonyl (C=O) groups is 2. The van der Waals surface area contributed by atoms with Crippen molar-refractivity contribution in [1.29, 1.82) is 0 Å². The van der Waals surface area contributed by atoms with Crippen molar-refractivity contribution in [1.82, 2.24) is 0 Å². The molecule has 0 atom stereocenters. The maximum Gasteiger partial charge on any atom is 0.255 e. The second-order valence-electron chi connectivity index (χ2n) is 6.63. The number of nitrogens with one attached hydrogen (secondary N) is 2. The van der Waals surface area contributed by atoms with Crippen molar-refractivity contribution in [3.05, 3.63) is 47.0 Å². The van der Waals surface area contributed by atoms with Gasteiger partial charge in [-0.2, -0.15) is 0 Å². The van der Waals surface area contributed by atoms with Crippen molar-refractivity contribution >= 4 is 23.2 Å². The normalized spacial score (nSPS) is 10.5. The quantitative estimate of drug-likeness (QED) is 0.800. The summed E-state index contributed by atoms with van der Waals surface area (Å²) in [5.41, 5.74) is 3.39. The van der Waals surface area contributed by atoms with Crippen LogP contribution in [-0.4, -0.2) is 26.0 Å². The molecule has 0 saturated heterocycles. The predicted molar refractivity (Wildman–Crippen MR) is 107 cm³/mol. The molecule has 0 aromatic heterocycles. The largest absolute Gasteiger partial charge is 0.496 e. The molecule has 2 aromatic rings. The second kappa shape index (κ2) is 8.58. The Bertz CT molecular complexity index is 834. The van der Waals surface area contributed by atoms with Gasteiger partial charge >= 0.3 is 0 Å². The van der Waals surface area contributed by atoms with E-state index in [1.807, 2.05) is 39.8 Å². The highest BCUT2D eigenvalue weighted by Crippen LogP contribution is 2.30. The van der Waals surface area contributed by atoms with E-state index in [1.54, 1.807) is 32.4 Å². The fourth-order valence-corrected chi connectivity index (χ4v) is 2.53. The third-order valence-electron chi connectivity index (χ3n) is 4.29. The molecule has 2 aromatic carbocycles. The maximum atomic E-state index is 12.7. The van der Waals surface area contributed by atoms with Gasteiger partial charge in [-0.05, 0) is 43.7 Å². The van der Waals surface area contributed by atoms with Gasteiger partial charge in [-0.3, -0.25) is 9.59 Å². The van der Waals surface area contributed by atoms with Gasteiger partial charge in [-0.15, -0.1) is 0 Å². The van der Waals surface area contributed by atoms with Gasteiger partial charge < -0.3 is 20.1 Å². The summed E-state index contributed by atoms with van der Waals surface area (Å²) < 4.78 is 10.7. The lowest BCUT2D eigenvalue weighted by atomic mass is 10.1. The molecule has 0 fully saturated rings. The number of anilines is 2. The standard InChI is InChI=1S/C21H26N2O4/c1-12(2)20(24)22-16-8-7-13(3)17(11-16)23-21(25)15-9-18(26-5)14(4)19(10-15)27-6/h7-12H,1-6H3,(H,22,24)(H,23,25). The van der Waals surface area contributed by atoms with Gasteiger partial charge in [-0.1, -0.05) is 19.9 Å². The maximum absolute atomic E-state index is 12.7. The fraction of sp³-hybridized carbons (Fsp3) is 0.333. The van der Waals surface area contributed by atoms with Crippen molar-refractivity contribution in [2.45, 2.75) is 27.7 Å². The van der Waals surface area contributed by atoms with E-state index >= 15 is 0 Å². The number of methoxy groups -OCH3 is 2. The Morgan fingerprint density at radius 2 is 1.52 bits per heavy atom. The molecular weight excluding hydrogens is 344 g/mol. The van der Waals surface area contributed by atoms with E-state index in [4.69, 9.17) is 9.47 Å². The summed E-state index contributed by atoms with van der Waals surface area (Å²) >= 11 is 0. The van der Waals surface area contributed by atoms with E-state index in [0.717, 1.165) is 11.1 Å². The molecule has 0 aliphatic carbocycles. The van der Waals surface area contributed by atoms with Crippen molar-refractivity contribution in [3.8, 4) is 11.5 Å². The van der Waals surface area contributed by atoms with Crippen molar-refractivity contribution < 1.29 is 19.1 Å². The zero-order valence-electron chi connectivity index (χ0n) is 16.6. The van der Waals surface area contributed by atoms with Crippen molar-refractivity contribution in [3.63, 3.8) is 0 Å². The molecule has 0 heterocycles. The summed E-state index contributed by atoms with van der Waals surface area (Å²) in [7, 11) is 3.10. The number of carbonyl (C=O) groups excluding carboxylic acids is 2. The number of hydrogen-bond donors (Lipinski definition) is 2. The average molecular weight is 370 g/mol. The number of aryl methyl sites for hydroxylation is 1. The topological polar surface area (TPSA) is 76.7 Å². The highest BCUT2D eigenvalue weighted by molar-refractivity contribution is 6.05. The Morgan fingerprint density at radius 1 is 0.926 bits per heavy atom. The molecule has 2 rings (SSSR count). The first-order valence-corrected chi connectivity index (χ1v) is 8.72. The minimum atomic E-state index is -0.290. The molecule has 2 amide bonds. The SMILES string of the molecule is COc1cc(C(=O)Nc2cc(NC(=O)C(C)C)ccc2C)cc(OC)c1C. The van der Waals surface area contributed by atoms with Crippen LogP contribution in [0.2, 0.25) is 0 Å². The molecule has 0 aliphatic rings. The van der Waals surface area contributed by atoms with Gasteiger partial charge in [0, 0.05) is 28.4 Å². The summed E-state index contributed by atoms with van der Waals surface area (Å²) in [6.45, 7) is 7.40. The van der Waals surface area contributed by atoms with E-state index in [1.165, 1.54) is 0 Å². The molecule has 0 saturated carbocycles. The lowest BCUT2D eigenvalue weighted by molar-refractivity contribution is -0.118. The zero-order valence-corrected chi connectivity index (χ0v) is 16.6. The fourth-order valence-electron chi connectivity index (χ4n) is 2.53. The van der Waals surface area contributed by atoms with Crippen LogP contribution in [0.25, 0.3) is 0 Å². The Hall–Kier alpha value is -3.02. The van der Waals surface area contributed by atoms with Crippen LogP contribution in [0.15, 0.2) is 30.3 Å². The van der Waals surface area contributed by atoms with Gasteiger partial charge in [0.25, 0.3) is 5.91 Å². The summed E-state index contributed by atoms with van der Waals surface area (Å²) in [4.78, 5) is 24.6. The van der Waals surface area contributed by atoms with Crippen LogP contribution in [0.4, 0.5) is 11.4 Å². The Morgan fingerprint density at radius 3 is 2.04 bits per heavy atom. The average Bonchev–Trinajstić information content (AvgIpc) is 2.64. The van der Waals surface area contributed by atoms with E-state index in [-0.39, 0.29) is 17.7 Å². The summed E-state index contributed by atoms with van der Waals surface area (Å²) in [5.74, 6) is 0.659. The van der Waals surface area contributed by atoms with E-state index < -0.39 is 0 Å². The molecule has 2 N–H and O–H groups in total. The molecule has 0 aliphatic heterocycles. The van der Waals surface area contributed by atoms with Gasteiger partial charge in [0.05, 0.1) is 14.2 Å². The molecular formula is C21H26N2O4.